The third-order valence-corrected chi connectivity index (χ3v) is 3.13. The van der Waals surface area contributed by atoms with Crippen LogP contribution in [0.1, 0.15) is 27.8 Å². The molecule has 1 N–H and O–H groups in total. The molecule has 1 aliphatic rings. The van der Waals surface area contributed by atoms with Crippen molar-refractivity contribution in [3.8, 4) is 0 Å². The first-order chi connectivity index (χ1) is 8.02. The van der Waals surface area contributed by atoms with Gasteiger partial charge in [-0.25, -0.2) is 0 Å². The monoisotopic (exact) mass is 236 g/mol. The van der Waals surface area contributed by atoms with Gasteiger partial charge in [-0.15, -0.1) is 0 Å². The lowest BCUT2D eigenvalue weighted by atomic mass is 10.0. The number of likely N-dealkylation sites (tertiary alicyclic amines) is 1. The Morgan fingerprint density at radius 1 is 1.47 bits per heavy atom. The van der Waals surface area contributed by atoms with Gasteiger partial charge in [0, 0.05) is 44.4 Å². The molecule has 5 nitrogen and oxygen atoms in total. The number of aryl methyl sites for hydroxylation is 1. The van der Waals surface area contributed by atoms with Crippen molar-refractivity contribution < 1.29 is 14.7 Å². The summed E-state index contributed by atoms with van der Waals surface area (Å²) in [4.78, 5) is 25.0. The second-order valence-electron chi connectivity index (χ2n) is 4.54. The van der Waals surface area contributed by atoms with E-state index in [0.717, 1.165) is 0 Å². The minimum atomic E-state index is -0.0790. The van der Waals surface area contributed by atoms with Crippen LogP contribution in [0.4, 0.5) is 0 Å². The Kier molecular flexibility index (Phi) is 3.02. The van der Waals surface area contributed by atoms with Gasteiger partial charge in [0.1, 0.15) is 5.69 Å². The summed E-state index contributed by atoms with van der Waals surface area (Å²) in [6.45, 7) is 2.79. The molecule has 1 aliphatic heterocycles. The summed E-state index contributed by atoms with van der Waals surface area (Å²) < 4.78 is 1.67. The van der Waals surface area contributed by atoms with Crippen LogP contribution in [0.2, 0.25) is 0 Å². The van der Waals surface area contributed by atoms with Crippen LogP contribution < -0.4 is 0 Å². The third-order valence-electron chi connectivity index (χ3n) is 3.13. The van der Waals surface area contributed by atoms with E-state index < -0.39 is 0 Å². The van der Waals surface area contributed by atoms with E-state index in [2.05, 4.69) is 0 Å². The first kappa shape index (κ1) is 11.9. The number of hydrogen-bond acceptors (Lipinski definition) is 3. The van der Waals surface area contributed by atoms with Crippen LogP contribution in [0, 0.1) is 5.92 Å². The maximum Gasteiger partial charge on any atom is 0.270 e. The first-order valence-corrected chi connectivity index (χ1v) is 5.60. The number of hydrogen-bond donors (Lipinski definition) is 1. The van der Waals surface area contributed by atoms with Crippen LogP contribution in [0.25, 0.3) is 0 Å². The van der Waals surface area contributed by atoms with E-state index in [1.165, 1.54) is 6.92 Å². The molecule has 0 spiro atoms. The maximum atomic E-state index is 12.1. The fourth-order valence-corrected chi connectivity index (χ4v) is 1.98. The second-order valence-corrected chi connectivity index (χ2v) is 4.54. The summed E-state index contributed by atoms with van der Waals surface area (Å²) in [5.74, 6) is 0.0766. The summed E-state index contributed by atoms with van der Waals surface area (Å²) in [6, 6.07) is 1.62. The highest BCUT2D eigenvalue weighted by atomic mass is 16.3. The topological polar surface area (TPSA) is 62.5 Å². The predicted molar refractivity (Wildman–Crippen MR) is 61.9 cm³/mol. The molecule has 0 radical (unpaired) electrons. The Labute approximate surface area is 99.6 Å². The fraction of sp³-hybridized carbons (Fsp3) is 0.500. The normalized spacial score (nSPS) is 15.8. The zero-order valence-corrected chi connectivity index (χ0v) is 10.0. The van der Waals surface area contributed by atoms with Crippen molar-refractivity contribution in [1.29, 1.82) is 0 Å². The number of amides is 1. The molecule has 2 rings (SSSR count). The van der Waals surface area contributed by atoms with E-state index in [4.69, 9.17) is 5.11 Å². The van der Waals surface area contributed by atoms with E-state index in [1.807, 2.05) is 0 Å². The van der Waals surface area contributed by atoms with Crippen LogP contribution in [0.15, 0.2) is 12.3 Å². The molecule has 1 aromatic rings. The highest BCUT2D eigenvalue weighted by Crippen LogP contribution is 2.19. The zero-order valence-electron chi connectivity index (χ0n) is 10.0. The van der Waals surface area contributed by atoms with Gasteiger partial charge >= 0.3 is 0 Å². The molecular formula is C12H16N2O3. The zero-order chi connectivity index (χ0) is 12.6. The predicted octanol–water partition coefficient (Wildman–Crippen LogP) is 0.292. The Balaban J connectivity index is 2.12. The van der Waals surface area contributed by atoms with E-state index in [-0.39, 0.29) is 24.2 Å². The Hall–Kier alpha value is -1.62. The summed E-state index contributed by atoms with van der Waals surface area (Å²) in [7, 11) is 1.75. The number of ketones is 1. The smallest absolute Gasteiger partial charge is 0.270 e. The number of nitrogens with zero attached hydrogens (tertiary/aromatic N) is 2. The molecule has 1 saturated heterocycles. The lowest BCUT2D eigenvalue weighted by Gasteiger charge is -2.38. The Morgan fingerprint density at radius 3 is 2.59 bits per heavy atom. The van der Waals surface area contributed by atoms with Crippen molar-refractivity contribution in [2.45, 2.75) is 6.92 Å². The van der Waals surface area contributed by atoms with Gasteiger partial charge in [-0.2, -0.15) is 0 Å². The Morgan fingerprint density at radius 2 is 2.12 bits per heavy atom. The van der Waals surface area contributed by atoms with Crippen molar-refractivity contribution in [3.05, 3.63) is 23.5 Å². The number of Topliss-reactive ketones (excluding diaryl/α,β-unsaturated/α-hetero) is 1. The summed E-state index contributed by atoms with van der Waals surface area (Å²) in [6.07, 6.45) is 1.67. The molecule has 17 heavy (non-hydrogen) atoms. The summed E-state index contributed by atoms with van der Waals surface area (Å²) in [5.41, 5.74) is 1.07. The average molecular weight is 236 g/mol. The molecule has 0 unspecified atom stereocenters. The fourth-order valence-electron chi connectivity index (χ4n) is 1.98. The summed E-state index contributed by atoms with van der Waals surface area (Å²) >= 11 is 0. The molecule has 0 atom stereocenters. The van der Waals surface area contributed by atoms with E-state index in [9.17, 15) is 9.59 Å². The molecule has 92 valence electrons. The molecule has 0 aliphatic carbocycles. The number of aliphatic hydroxyl groups excluding tert-OH is 1. The van der Waals surface area contributed by atoms with E-state index in [0.29, 0.717) is 24.3 Å². The number of aliphatic hydroxyl groups is 1. The number of aromatic nitrogens is 1. The van der Waals surface area contributed by atoms with Crippen LogP contribution in [0.5, 0.6) is 0 Å². The number of carbonyl (C=O) groups is 2. The van der Waals surface area contributed by atoms with Crippen molar-refractivity contribution in [1.82, 2.24) is 9.47 Å². The second kappa shape index (κ2) is 4.33. The van der Waals surface area contributed by atoms with Crippen LogP contribution in [0.3, 0.4) is 0 Å². The van der Waals surface area contributed by atoms with E-state index in [1.54, 1.807) is 28.8 Å². The molecule has 0 bridgehead atoms. The molecule has 2 heterocycles. The lowest BCUT2D eigenvalue weighted by molar-refractivity contribution is 0.0353. The summed E-state index contributed by atoms with van der Waals surface area (Å²) in [5, 5.41) is 8.90. The molecule has 0 aromatic carbocycles. The molecule has 1 amide bonds. The lowest BCUT2D eigenvalue weighted by Crippen LogP contribution is -2.51. The van der Waals surface area contributed by atoms with Crippen LogP contribution in [-0.4, -0.2) is 46.0 Å². The largest absolute Gasteiger partial charge is 0.396 e. The van der Waals surface area contributed by atoms with Gasteiger partial charge in [-0.3, -0.25) is 9.59 Å². The van der Waals surface area contributed by atoms with Gasteiger partial charge in [0.05, 0.1) is 0 Å². The molecule has 0 saturated carbocycles. The standard InChI is InChI=1S/C12H16N2O3/c1-8(16)10-3-11(13(2)6-10)12(17)14-4-9(5-14)7-15/h3,6,9,15H,4-5,7H2,1-2H3. The highest BCUT2D eigenvalue weighted by molar-refractivity contribution is 5.99. The first-order valence-electron chi connectivity index (χ1n) is 5.60. The minimum Gasteiger partial charge on any atom is -0.396 e. The highest BCUT2D eigenvalue weighted by Gasteiger charge is 2.31. The van der Waals surface area contributed by atoms with Crippen LogP contribution in [-0.2, 0) is 7.05 Å². The van der Waals surface area contributed by atoms with Crippen LogP contribution >= 0.6 is 0 Å². The maximum absolute atomic E-state index is 12.1. The van der Waals surface area contributed by atoms with Crippen molar-refractivity contribution in [2.24, 2.45) is 13.0 Å². The Bertz CT molecular complexity index is 458. The molecule has 1 fully saturated rings. The minimum absolute atomic E-state index is 0.0449. The number of carbonyl (C=O) groups excluding carboxylic acids is 2. The molecule has 5 heteroatoms. The van der Waals surface area contributed by atoms with Gasteiger partial charge in [-0.05, 0) is 13.0 Å². The van der Waals surface area contributed by atoms with Gasteiger partial charge in [0.25, 0.3) is 5.91 Å². The van der Waals surface area contributed by atoms with Gasteiger partial charge in [0.15, 0.2) is 5.78 Å². The average Bonchev–Trinajstić information content (AvgIpc) is 2.58. The van der Waals surface area contributed by atoms with Crippen molar-refractivity contribution in [3.63, 3.8) is 0 Å². The third kappa shape index (κ3) is 2.10. The molecular weight excluding hydrogens is 220 g/mol. The van der Waals surface area contributed by atoms with Gasteiger partial charge < -0.3 is 14.6 Å². The van der Waals surface area contributed by atoms with Crippen molar-refractivity contribution >= 4 is 11.7 Å². The van der Waals surface area contributed by atoms with Gasteiger partial charge in [-0.1, -0.05) is 0 Å². The van der Waals surface area contributed by atoms with Gasteiger partial charge in [0.2, 0.25) is 0 Å². The number of rotatable bonds is 3. The van der Waals surface area contributed by atoms with Crippen molar-refractivity contribution in [2.75, 3.05) is 19.7 Å². The van der Waals surface area contributed by atoms with E-state index >= 15 is 0 Å². The SMILES string of the molecule is CC(=O)c1cc(C(=O)N2CC(CO)C2)n(C)c1. The molecule has 1 aromatic heterocycles. The quantitative estimate of drug-likeness (QED) is 0.767.